The van der Waals surface area contributed by atoms with Crippen molar-refractivity contribution in [2.75, 3.05) is 18.4 Å². The SMILES string of the molecule is CC(=O)Nc1ncc(CN2CCC(Oc3ccc(F)cn3)C2)s1. The van der Waals surface area contributed by atoms with E-state index in [0.29, 0.717) is 11.0 Å². The Morgan fingerprint density at radius 1 is 1.48 bits per heavy atom. The van der Waals surface area contributed by atoms with Gasteiger partial charge in [0.25, 0.3) is 0 Å². The summed E-state index contributed by atoms with van der Waals surface area (Å²) in [6, 6.07) is 2.89. The highest BCUT2D eigenvalue weighted by Gasteiger charge is 2.24. The van der Waals surface area contributed by atoms with Crippen molar-refractivity contribution < 1.29 is 13.9 Å². The number of halogens is 1. The van der Waals surface area contributed by atoms with Crippen LogP contribution in [0.25, 0.3) is 0 Å². The van der Waals surface area contributed by atoms with Gasteiger partial charge < -0.3 is 10.1 Å². The number of hydrogen-bond donors (Lipinski definition) is 1. The van der Waals surface area contributed by atoms with Crippen molar-refractivity contribution in [1.82, 2.24) is 14.9 Å². The molecule has 6 nitrogen and oxygen atoms in total. The lowest BCUT2D eigenvalue weighted by Gasteiger charge is -2.15. The fourth-order valence-corrected chi connectivity index (χ4v) is 3.35. The maximum absolute atomic E-state index is 12.8. The molecular weight excluding hydrogens is 319 g/mol. The molecule has 1 unspecified atom stereocenters. The smallest absolute Gasteiger partial charge is 0.223 e. The van der Waals surface area contributed by atoms with Crippen LogP contribution >= 0.6 is 11.3 Å². The predicted molar refractivity (Wildman–Crippen MR) is 84.9 cm³/mol. The fourth-order valence-electron chi connectivity index (χ4n) is 2.45. The van der Waals surface area contributed by atoms with Gasteiger partial charge in [-0.1, -0.05) is 0 Å². The van der Waals surface area contributed by atoms with Crippen molar-refractivity contribution in [3.05, 3.63) is 35.2 Å². The fraction of sp³-hybridized carbons (Fsp3) is 0.400. The molecule has 0 spiro atoms. The highest BCUT2D eigenvalue weighted by atomic mass is 32.1. The van der Waals surface area contributed by atoms with Gasteiger partial charge in [-0.2, -0.15) is 0 Å². The number of rotatable bonds is 5. The van der Waals surface area contributed by atoms with E-state index in [4.69, 9.17) is 4.74 Å². The van der Waals surface area contributed by atoms with Gasteiger partial charge in [-0.15, -0.1) is 11.3 Å². The molecule has 1 fully saturated rings. The van der Waals surface area contributed by atoms with Crippen LogP contribution in [-0.4, -0.2) is 40.0 Å². The zero-order chi connectivity index (χ0) is 16.2. The standard InChI is InChI=1S/C15H17FN4O2S/c1-10(21)19-15-18-7-13(23-15)9-20-5-4-12(8-20)22-14-3-2-11(16)6-17-14/h2-3,6-7,12H,4-5,8-9H2,1H3,(H,18,19,21). The Balaban J connectivity index is 1.50. The van der Waals surface area contributed by atoms with Gasteiger partial charge in [0.1, 0.15) is 11.9 Å². The van der Waals surface area contributed by atoms with Crippen LogP contribution in [0.1, 0.15) is 18.2 Å². The first-order valence-electron chi connectivity index (χ1n) is 7.31. The number of thiazole rings is 1. The number of pyridine rings is 1. The quantitative estimate of drug-likeness (QED) is 0.907. The van der Waals surface area contributed by atoms with E-state index in [9.17, 15) is 9.18 Å². The molecule has 3 rings (SSSR count). The second kappa shape index (κ2) is 7.01. The molecule has 1 amide bonds. The van der Waals surface area contributed by atoms with E-state index in [0.717, 1.165) is 37.1 Å². The summed E-state index contributed by atoms with van der Waals surface area (Å²) in [5, 5.41) is 3.30. The van der Waals surface area contributed by atoms with Gasteiger partial charge in [-0.25, -0.2) is 14.4 Å². The van der Waals surface area contributed by atoms with Crippen LogP contribution in [0, 0.1) is 5.82 Å². The zero-order valence-electron chi connectivity index (χ0n) is 12.7. The summed E-state index contributed by atoms with van der Waals surface area (Å²) < 4.78 is 18.6. The van der Waals surface area contributed by atoms with Gasteiger partial charge in [-0.05, 0) is 12.5 Å². The molecule has 1 atom stereocenters. The molecule has 3 heterocycles. The van der Waals surface area contributed by atoms with Crippen LogP contribution < -0.4 is 10.1 Å². The number of nitrogens with zero attached hydrogens (tertiary/aromatic N) is 3. The van der Waals surface area contributed by atoms with Crippen molar-refractivity contribution in [3.8, 4) is 5.88 Å². The maximum atomic E-state index is 12.8. The van der Waals surface area contributed by atoms with Gasteiger partial charge >= 0.3 is 0 Å². The first-order valence-corrected chi connectivity index (χ1v) is 8.13. The van der Waals surface area contributed by atoms with Crippen LogP contribution in [0.2, 0.25) is 0 Å². The minimum Gasteiger partial charge on any atom is -0.473 e. The van der Waals surface area contributed by atoms with E-state index in [2.05, 4.69) is 20.2 Å². The second-order valence-electron chi connectivity index (χ2n) is 5.39. The van der Waals surface area contributed by atoms with Crippen molar-refractivity contribution in [2.45, 2.75) is 26.0 Å². The number of carbonyl (C=O) groups excluding carboxylic acids is 1. The molecule has 1 saturated heterocycles. The predicted octanol–water partition coefficient (Wildman–Crippen LogP) is 2.29. The topological polar surface area (TPSA) is 67.4 Å². The molecule has 8 heteroatoms. The molecule has 0 saturated carbocycles. The number of carbonyl (C=O) groups is 1. The summed E-state index contributed by atoms with van der Waals surface area (Å²) in [6.45, 7) is 3.94. The molecule has 2 aromatic heterocycles. The van der Waals surface area contributed by atoms with Crippen LogP contribution in [0.4, 0.5) is 9.52 Å². The molecule has 122 valence electrons. The van der Waals surface area contributed by atoms with Crippen molar-refractivity contribution >= 4 is 22.4 Å². The Hall–Kier alpha value is -2.06. The molecule has 23 heavy (non-hydrogen) atoms. The Morgan fingerprint density at radius 3 is 3.09 bits per heavy atom. The highest BCUT2D eigenvalue weighted by molar-refractivity contribution is 7.15. The zero-order valence-corrected chi connectivity index (χ0v) is 13.5. The molecule has 0 aliphatic carbocycles. The van der Waals surface area contributed by atoms with Crippen molar-refractivity contribution in [3.63, 3.8) is 0 Å². The van der Waals surface area contributed by atoms with Crippen molar-refractivity contribution in [1.29, 1.82) is 0 Å². The Bertz CT molecular complexity index is 676. The Morgan fingerprint density at radius 2 is 2.35 bits per heavy atom. The number of aromatic nitrogens is 2. The van der Waals surface area contributed by atoms with Gasteiger partial charge in [-0.3, -0.25) is 9.69 Å². The third-order valence-electron chi connectivity index (χ3n) is 3.43. The van der Waals surface area contributed by atoms with Crippen LogP contribution in [0.5, 0.6) is 5.88 Å². The van der Waals surface area contributed by atoms with E-state index in [1.165, 1.54) is 24.3 Å². The molecule has 0 bridgehead atoms. The van der Waals surface area contributed by atoms with E-state index in [-0.39, 0.29) is 17.8 Å². The van der Waals surface area contributed by atoms with Crippen LogP contribution in [0.15, 0.2) is 24.5 Å². The maximum Gasteiger partial charge on any atom is 0.223 e. The average Bonchev–Trinajstić information content (AvgIpc) is 3.11. The molecule has 1 aliphatic heterocycles. The third-order valence-corrected chi connectivity index (χ3v) is 4.33. The number of amides is 1. The van der Waals surface area contributed by atoms with E-state index >= 15 is 0 Å². The lowest BCUT2D eigenvalue weighted by molar-refractivity contribution is -0.114. The minimum absolute atomic E-state index is 0.0516. The van der Waals surface area contributed by atoms with Gasteiger partial charge in [0, 0.05) is 43.7 Å². The molecule has 0 radical (unpaired) electrons. The number of hydrogen-bond acceptors (Lipinski definition) is 6. The molecule has 0 aromatic carbocycles. The summed E-state index contributed by atoms with van der Waals surface area (Å²) >= 11 is 1.48. The lowest BCUT2D eigenvalue weighted by atomic mass is 10.3. The number of likely N-dealkylation sites (tertiary alicyclic amines) is 1. The largest absolute Gasteiger partial charge is 0.473 e. The first kappa shape index (κ1) is 15.8. The summed E-state index contributed by atoms with van der Waals surface area (Å²) in [7, 11) is 0. The Labute approximate surface area is 137 Å². The van der Waals surface area contributed by atoms with Gasteiger partial charge in [0.05, 0.1) is 6.20 Å². The second-order valence-corrected chi connectivity index (χ2v) is 6.51. The van der Waals surface area contributed by atoms with Crippen LogP contribution in [-0.2, 0) is 11.3 Å². The van der Waals surface area contributed by atoms with Gasteiger partial charge in [0.15, 0.2) is 5.13 Å². The summed E-state index contributed by atoms with van der Waals surface area (Å²) in [5.41, 5.74) is 0. The van der Waals surface area contributed by atoms with E-state index in [1.54, 1.807) is 12.3 Å². The molecule has 2 aromatic rings. The highest BCUT2D eigenvalue weighted by Crippen LogP contribution is 2.23. The number of nitrogens with one attached hydrogen (secondary N) is 1. The van der Waals surface area contributed by atoms with Gasteiger partial charge in [0.2, 0.25) is 11.8 Å². The molecule has 1 aliphatic rings. The number of anilines is 1. The van der Waals surface area contributed by atoms with Crippen LogP contribution in [0.3, 0.4) is 0 Å². The third kappa shape index (κ3) is 4.46. The first-order chi connectivity index (χ1) is 11.1. The normalized spacial score (nSPS) is 18.1. The average molecular weight is 336 g/mol. The molecule has 1 N–H and O–H groups in total. The van der Waals surface area contributed by atoms with E-state index < -0.39 is 0 Å². The Kier molecular flexibility index (Phi) is 4.82. The summed E-state index contributed by atoms with van der Waals surface area (Å²) in [6.07, 6.45) is 3.89. The number of ether oxygens (including phenoxy) is 1. The summed E-state index contributed by atoms with van der Waals surface area (Å²) in [4.78, 5) is 22.5. The lowest BCUT2D eigenvalue weighted by Crippen LogP contribution is -2.24. The van der Waals surface area contributed by atoms with E-state index in [1.807, 2.05) is 0 Å². The minimum atomic E-state index is -0.370. The van der Waals surface area contributed by atoms with Crippen molar-refractivity contribution in [2.24, 2.45) is 0 Å². The monoisotopic (exact) mass is 336 g/mol. The molecular formula is C15H17FN4O2S. The summed E-state index contributed by atoms with van der Waals surface area (Å²) in [5.74, 6) is -0.0399.